The number of rotatable bonds is 7. The van der Waals surface area contributed by atoms with Gasteiger partial charge in [0, 0.05) is 39.0 Å². The predicted octanol–water partition coefficient (Wildman–Crippen LogP) is 1.81. The van der Waals surface area contributed by atoms with E-state index in [1.807, 2.05) is 4.90 Å². The van der Waals surface area contributed by atoms with Crippen LogP contribution in [0.3, 0.4) is 0 Å². The van der Waals surface area contributed by atoms with Crippen LogP contribution in [-0.2, 0) is 20.9 Å². The fourth-order valence-corrected chi connectivity index (χ4v) is 4.72. The van der Waals surface area contributed by atoms with Crippen molar-refractivity contribution < 1.29 is 12.8 Å². The number of hydrogen-bond donors (Lipinski definition) is 1. The van der Waals surface area contributed by atoms with Gasteiger partial charge in [-0.15, -0.1) is 0 Å². The van der Waals surface area contributed by atoms with Crippen molar-refractivity contribution >= 4 is 24.2 Å². The predicted molar refractivity (Wildman–Crippen MR) is 115 cm³/mol. The maximum Gasteiger partial charge on any atom is 0.290 e. The summed E-state index contributed by atoms with van der Waals surface area (Å²) < 4.78 is 30.9. The number of aromatic nitrogens is 2. The summed E-state index contributed by atoms with van der Waals surface area (Å²) in [6, 6.07) is 0. The molecule has 0 amide bonds. The van der Waals surface area contributed by atoms with Gasteiger partial charge in [0.2, 0.25) is 10.0 Å². The number of aromatic amines is 1. The van der Waals surface area contributed by atoms with Gasteiger partial charge in [-0.1, -0.05) is 20.8 Å². The zero-order valence-electron chi connectivity index (χ0n) is 17.9. The lowest BCUT2D eigenvalue weighted by Crippen LogP contribution is -2.49. The molecule has 1 aromatic rings. The average molecular weight is 431 g/mol. The van der Waals surface area contributed by atoms with Gasteiger partial charge in [0.15, 0.2) is 14.1 Å². The zero-order valence-corrected chi connectivity index (χ0v) is 19.7. The zero-order chi connectivity index (χ0) is 21.2. The third-order valence-electron chi connectivity index (χ3n) is 5.68. The van der Waals surface area contributed by atoms with Crippen LogP contribution in [0.2, 0.25) is 18.1 Å². The Morgan fingerprint density at radius 2 is 1.82 bits per heavy atom. The molecule has 0 bridgehead atoms. The first-order chi connectivity index (χ1) is 12.8. The molecule has 0 spiro atoms. The van der Waals surface area contributed by atoms with E-state index in [4.69, 9.17) is 4.43 Å². The molecule has 8 nitrogen and oxygen atoms in total. The summed E-state index contributed by atoms with van der Waals surface area (Å²) in [4.78, 5) is 21.4. The van der Waals surface area contributed by atoms with Crippen LogP contribution in [0.25, 0.3) is 0 Å². The lowest BCUT2D eigenvalue weighted by atomic mass is 10.2. The van der Waals surface area contributed by atoms with Gasteiger partial charge >= 0.3 is 0 Å². The third kappa shape index (κ3) is 5.88. The number of sulfonamides is 1. The topological polar surface area (TPSA) is 95.6 Å². The van der Waals surface area contributed by atoms with Crippen molar-refractivity contribution in [3.8, 4) is 0 Å². The lowest BCUT2D eigenvalue weighted by molar-refractivity contribution is 0.282. The van der Waals surface area contributed by atoms with E-state index < -0.39 is 18.3 Å². The van der Waals surface area contributed by atoms with E-state index in [0.717, 1.165) is 18.5 Å². The molecule has 0 aliphatic carbocycles. The van der Waals surface area contributed by atoms with Crippen LogP contribution in [-0.4, -0.2) is 70.1 Å². The Labute approximate surface area is 169 Å². The molecule has 160 valence electrons. The van der Waals surface area contributed by atoms with E-state index in [1.165, 1.54) is 10.6 Å². The minimum atomic E-state index is -3.20. The highest BCUT2D eigenvalue weighted by atomic mass is 32.2. The Balaban J connectivity index is 1.94. The van der Waals surface area contributed by atoms with Crippen molar-refractivity contribution in [3.63, 3.8) is 0 Å². The molecular formula is C18H34N4O4SSi. The number of hydrogen-bond acceptors (Lipinski definition) is 6. The van der Waals surface area contributed by atoms with Gasteiger partial charge in [-0.3, -0.25) is 4.79 Å². The van der Waals surface area contributed by atoms with Gasteiger partial charge in [0.1, 0.15) is 0 Å². The summed E-state index contributed by atoms with van der Waals surface area (Å²) in [5.41, 5.74) is 0.577. The van der Waals surface area contributed by atoms with Crippen molar-refractivity contribution in [1.29, 1.82) is 0 Å². The Morgan fingerprint density at radius 1 is 1.21 bits per heavy atom. The Morgan fingerprint density at radius 3 is 2.36 bits per heavy atom. The van der Waals surface area contributed by atoms with Crippen LogP contribution in [0.5, 0.6) is 0 Å². The average Bonchev–Trinajstić information content (AvgIpc) is 2.58. The van der Waals surface area contributed by atoms with Crippen LogP contribution in [0.15, 0.2) is 11.0 Å². The molecule has 2 heterocycles. The van der Waals surface area contributed by atoms with Crippen LogP contribution >= 0.6 is 0 Å². The molecule has 1 aliphatic heterocycles. The maximum absolute atomic E-state index is 12.2. The van der Waals surface area contributed by atoms with Crippen molar-refractivity contribution in [2.24, 2.45) is 0 Å². The smallest absolute Gasteiger partial charge is 0.290 e. The number of aryl methyl sites for hydroxylation is 1. The quantitative estimate of drug-likeness (QED) is 0.523. The van der Waals surface area contributed by atoms with Crippen molar-refractivity contribution in [2.45, 2.75) is 51.7 Å². The molecule has 1 N–H and O–H groups in total. The molecular weight excluding hydrogens is 396 g/mol. The first-order valence-electron chi connectivity index (χ1n) is 9.74. The Bertz CT molecular complexity index is 825. The molecule has 0 radical (unpaired) electrons. The van der Waals surface area contributed by atoms with Gasteiger partial charge in [-0.2, -0.15) is 4.31 Å². The van der Waals surface area contributed by atoms with Crippen LogP contribution in [0.4, 0.5) is 5.82 Å². The van der Waals surface area contributed by atoms with Crippen LogP contribution < -0.4 is 10.5 Å². The Kier molecular flexibility index (Phi) is 7.11. The molecule has 10 heteroatoms. The van der Waals surface area contributed by atoms with Gasteiger partial charge < -0.3 is 14.3 Å². The molecule has 1 fully saturated rings. The third-order valence-corrected chi connectivity index (χ3v) is 11.5. The molecule has 1 aromatic heterocycles. The highest BCUT2D eigenvalue weighted by Gasteiger charge is 2.36. The minimum Gasteiger partial charge on any atom is -0.417 e. The molecule has 1 aliphatic rings. The summed E-state index contributed by atoms with van der Waals surface area (Å²) in [6.07, 6.45) is 4.43. The monoisotopic (exact) mass is 430 g/mol. The molecule has 0 saturated carbocycles. The standard InChI is InChI=1S/C18H34N4O4SSi/c1-18(2,3)28(5,6)26-13-7-8-15-14-19-17(23)16(20-15)21-9-11-22(12-10-21)27(4,24)25/h14H,7-13H2,1-6H3,(H,19,23). The summed E-state index contributed by atoms with van der Waals surface area (Å²) in [6.45, 7) is 13.5. The number of H-pyrrole nitrogens is 1. The number of nitrogens with zero attached hydrogens (tertiary/aromatic N) is 3. The van der Waals surface area contributed by atoms with Gasteiger partial charge in [-0.05, 0) is 31.0 Å². The second-order valence-electron chi connectivity index (χ2n) is 8.91. The van der Waals surface area contributed by atoms with Crippen molar-refractivity contribution in [1.82, 2.24) is 14.3 Å². The van der Waals surface area contributed by atoms with Crippen molar-refractivity contribution in [2.75, 3.05) is 43.9 Å². The number of nitrogens with one attached hydrogen (secondary N) is 1. The van der Waals surface area contributed by atoms with Gasteiger partial charge in [0.25, 0.3) is 5.56 Å². The highest BCUT2D eigenvalue weighted by molar-refractivity contribution is 7.88. The van der Waals surface area contributed by atoms with E-state index in [1.54, 1.807) is 6.20 Å². The first-order valence-corrected chi connectivity index (χ1v) is 14.5. The molecule has 0 unspecified atom stereocenters. The second-order valence-corrected chi connectivity index (χ2v) is 15.7. The molecule has 1 saturated heterocycles. The van der Waals surface area contributed by atoms with E-state index in [9.17, 15) is 13.2 Å². The molecule has 0 atom stereocenters. The summed E-state index contributed by atoms with van der Waals surface area (Å²) in [5, 5.41) is 0.185. The maximum atomic E-state index is 12.2. The Hall–Kier alpha value is -1.23. The van der Waals surface area contributed by atoms with E-state index >= 15 is 0 Å². The number of piperazine rings is 1. The second kappa shape index (κ2) is 8.64. The fraction of sp³-hybridized carbons (Fsp3) is 0.778. The van der Waals surface area contributed by atoms with E-state index in [-0.39, 0.29) is 10.6 Å². The first kappa shape index (κ1) is 23.0. The molecule has 2 rings (SSSR count). The summed E-state index contributed by atoms with van der Waals surface area (Å²) in [7, 11) is -4.95. The van der Waals surface area contributed by atoms with Crippen LogP contribution in [0.1, 0.15) is 32.9 Å². The van der Waals surface area contributed by atoms with Crippen LogP contribution in [0, 0.1) is 0 Å². The molecule has 28 heavy (non-hydrogen) atoms. The number of anilines is 1. The summed E-state index contributed by atoms with van der Waals surface area (Å²) in [5.74, 6) is 0.371. The normalized spacial score (nSPS) is 17.1. The van der Waals surface area contributed by atoms with Gasteiger partial charge in [0.05, 0.1) is 11.9 Å². The SMILES string of the molecule is CC(C)(C)[Si](C)(C)OCCCc1c[nH]c(=O)c(N2CCN(S(C)(=O)=O)CC2)n1. The minimum absolute atomic E-state index is 0.185. The lowest BCUT2D eigenvalue weighted by Gasteiger charge is -2.36. The van der Waals surface area contributed by atoms with Gasteiger partial charge in [-0.25, -0.2) is 13.4 Å². The van der Waals surface area contributed by atoms with E-state index in [0.29, 0.717) is 38.6 Å². The largest absolute Gasteiger partial charge is 0.417 e. The van der Waals surface area contributed by atoms with Crippen molar-refractivity contribution in [3.05, 3.63) is 22.2 Å². The molecule has 0 aromatic carbocycles. The van der Waals surface area contributed by atoms with E-state index in [2.05, 4.69) is 43.8 Å². The highest BCUT2D eigenvalue weighted by Crippen LogP contribution is 2.36. The fourth-order valence-electron chi connectivity index (χ4n) is 2.80. The summed E-state index contributed by atoms with van der Waals surface area (Å²) >= 11 is 0.